The summed E-state index contributed by atoms with van der Waals surface area (Å²) in [5, 5.41) is 9.45. The number of hydrogen-bond acceptors (Lipinski definition) is 3. The first-order chi connectivity index (χ1) is 14.7. The van der Waals surface area contributed by atoms with Crippen LogP contribution in [-0.2, 0) is 24.4 Å². The molecule has 0 unspecified atom stereocenters. The Kier molecular flexibility index (Phi) is 6.14. The van der Waals surface area contributed by atoms with Crippen molar-refractivity contribution >= 4 is 12.0 Å². The third-order valence-electron chi connectivity index (χ3n) is 5.18. The van der Waals surface area contributed by atoms with Crippen molar-refractivity contribution < 1.29 is 19.4 Å². The van der Waals surface area contributed by atoms with Crippen LogP contribution in [0.4, 0.5) is 0 Å². The van der Waals surface area contributed by atoms with E-state index in [2.05, 4.69) is 0 Å². The Morgan fingerprint density at radius 2 is 1.37 bits per heavy atom. The number of rotatable bonds is 7. The summed E-state index contributed by atoms with van der Waals surface area (Å²) in [6, 6.07) is 23.9. The predicted octanol–water partition coefficient (Wildman–Crippen LogP) is 5.65. The summed E-state index contributed by atoms with van der Waals surface area (Å²) >= 11 is 0. The van der Waals surface area contributed by atoms with E-state index in [9.17, 15) is 9.90 Å². The van der Waals surface area contributed by atoms with Gasteiger partial charge in [0.2, 0.25) is 0 Å². The normalized spacial score (nSPS) is 13.0. The van der Waals surface area contributed by atoms with Crippen LogP contribution in [0.2, 0.25) is 0 Å². The molecule has 0 saturated carbocycles. The second kappa shape index (κ2) is 9.31. The van der Waals surface area contributed by atoms with Crippen LogP contribution in [0.25, 0.3) is 6.08 Å². The summed E-state index contributed by atoms with van der Waals surface area (Å²) in [4.78, 5) is 11.5. The highest BCUT2D eigenvalue weighted by Crippen LogP contribution is 2.36. The first-order valence-electron chi connectivity index (χ1n) is 10.1. The molecule has 0 amide bonds. The highest BCUT2D eigenvalue weighted by atomic mass is 16.5. The molecular formula is C26H24O4. The maximum atomic E-state index is 11.5. The zero-order valence-corrected chi connectivity index (χ0v) is 16.7. The number of aliphatic carboxylic acids is 1. The van der Waals surface area contributed by atoms with Gasteiger partial charge >= 0.3 is 5.97 Å². The number of aryl methyl sites for hydroxylation is 1. The predicted molar refractivity (Wildman–Crippen MR) is 117 cm³/mol. The lowest BCUT2D eigenvalue weighted by atomic mass is 10.0. The van der Waals surface area contributed by atoms with E-state index in [0.29, 0.717) is 36.7 Å². The van der Waals surface area contributed by atoms with E-state index in [1.54, 1.807) is 6.08 Å². The Labute approximate surface area is 176 Å². The van der Waals surface area contributed by atoms with Gasteiger partial charge in [-0.1, -0.05) is 60.7 Å². The Hall–Kier alpha value is -3.53. The molecular weight excluding hydrogens is 376 g/mol. The van der Waals surface area contributed by atoms with E-state index in [1.807, 2.05) is 72.8 Å². The Balaban J connectivity index is 1.64. The summed E-state index contributed by atoms with van der Waals surface area (Å²) < 4.78 is 12.2. The minimum Gasteiger partial charge on any atom is -0.485 e. The van der Waals surface area contributed by atoms with Crippen LogP contribution in [-0.4, -0.2) is 11.1 Å². The number of ether oxygens (including phenoxy) is 2. The summed E-state index contributed by atoms with van der Waals surface area (Å²) in [5.41, 5.74) is 4.54. The number of benzene rings is 3. The van der Waals surface area contributed by atoms with E-state index < -0.39 is 5.97 Å². The van der Waals surface area contributed by atoms with Crippen molar-refractivity contribution in [3.05, 3.63) is 101 Å². The maximum Gasteiger partial charge on any atom is 0.331 e. The first kappa shape index (κ1) is 19.8. The van der Waals surface area contributed by atoms with E-state index >= 15 is 0 Å². The van der Waals surface area contributed by atoms with Crippen molar-refractivity contribution in [2.24, 2.45) is 0 Å². The highest BCUT2D eigenvalue weighted by molar-refractivity contribution is 5.92. The third-order valence-corrected chi connectivity index (χ3v) is 5.18. The van der Waals surface area contributed by atoms with Gasteiger partial charge in [-0.2, -0.15) is 0 Å². The van der Waals surface area contributed by atoms with Crippen LogP contribution in [0.15, 0.2) is 78.4 Å². The smallest absolute Gasteiger partial charge is 0.331 e. The van der Waals surface area contributed by atoms with Gasteiger partial charge in [-0.15, -0.1) is 0 Å². The van der Waals surface area contributed by atoms with Gasteiger partial charge in [0.05, 0.1) is 0 Å². The standard InChI is InChI=1S/C26H24O4/c27-26(28)22-13-7-12-21-15-24(29-17-19-8-3-1-4-9-19)25(16-23(21)14-22)30-18-20-10-5-2-6-11-20/h1-6,8-11,14-16H,7,12-13,17-18H2,(H,27,28). The zero-order chi connectivity index (χ0) is 20.8. The van der Waals surface area contributed by atoms with Gasteiger partial charge in [-0.25, -0.2) is 4.79 Å². The average molecular weight is 400 g/mol. The molecule has 4 heteroatoms. The molecule has 0 fully saturated rings. The molecule has 152 valence electrons. The molecule has 0 heterocycles. The SMILES string of the molecule is O=C(O)C1=Cc2cc(OCc3ccccc3)c(OCc3ccccc3)cc2CCC1. The van der Waals surface area contributed by atoms with Crippen LogP contribution in [0.5, 0.6) is 11.5 Å². The van der Waals surface area contributed by atoms with E-state index in [1.165, 1.54) is 0 Å². The fourth-order valence-corrected chi connectivity index (χ4v) is 3.56. The second-order valence-corrected chi connectivity index (χ2v) is 7.37. The van der Waals surface area contributed by atoms with Gasteiger partial charge in [-0.3, -0.25) is 0 Å². The van der Waals surface area contributed by atoms with Gasteiger partial charge in [0, 0.05) is 5.57 Å². The molecule has 3 aromatic rings. The number of carboxylic acids is 1. The van der Waals surface area contributed by atoms with Crippen molar-refractivity contribution in [1.29, 1.82) is 0 Å². The number of fused-ring (bicyclic) bond motifs is 1. The number of carboxylic acid groups (broad SMARTS) is 1. The topological polar surface area (TPSA) is 55.8 Å². The minimum absolute atomic E-state index is 0.414. The Bertz CT molecular complexity index is 1040. The van der Waals surface area contributed by atoms with Crippen molar-refractivity contribution in [2.45, 2.75) is 32.5 Å². The average Bonchev–Trinajstić information content (AvgIpc) is 2.99. The molecule has 0 spiro atoms. The van der Waals surface area contributed by atoms with Gasteiger partial charge in [0.15, 0.2) is 11.5 Å². The quantitative estimate of drug-likeness (QED) is 0.557. The van der Waals surface area contributed by atoms with Gasteiger partial charge < -0.3 is 14.6 Å². The van der Waals surface area contributed by atoms with E-state index in [4.69, 9.17) is 9.47 Å². The van der Waals surface area contributed by atoms with Gasteiger partial charge in [0.1, 0.15) is 13.2 Å². The summed E-state index contributed by atoms with van der Waals surface area (Å²) in [5.74, 6) is 0.441. The molecule has 0 bridgehead atoms. The third kappa shape index (κ3) is 4.90. The summed E-state index contributed by atoms with van der Waals surface area (Å²) in [6.45, 7) is 0.856. The monoisotopic (exact) mass is 400 g/mol. The Morgan fingerprint density at radius 3 is 1.93 bits per heavy atom. The number of carbonyl (C=O) groups is 1. The van der Waals surface area contributed by atoms with Crippen LogP contribution in [0, 0.1) is 0 Å². The molecule has 1 aliphatic rings. The second-order valence-electron chi connectivity index (χ2n) is 7.37. The summed E-state index contributed by atoms with van der Waals surface area (Å²) in [7, 11) is 0. The first-order valence-corrected chi connectivity index (χ1v) is 10.1. The van der Waals surface area contributed by atoms with Crippen molar-refractivity contribution in [1.82, 2.24) is 0 Å². The molecule has 1 aliphatic carbocycles. The lowest BCUT2D eigenvalue weighted by Crippen LogP contribution is -2.02. The molecule has 30 heavy (non-hydrogen) atoms. The minimum atomic E-state index is -0.862. The van der Waals surface area contributed by atoms with Crippen LogP contribution < -0.4 is 9.47 Å². The molecule has 0 atom stereocenters. The van der Waals surface area contributed by atoms with Crippen molar-refractivity contribution in [3.8, 4) is 11.5 Å². The molecule has 0 saturated heterocycles. The summed E-state index contributed by atoms with van der Waals surface area (Å²) in [6.07, 6.45) is 3.93. The van der Waals surface area contributed by atoms with Gasteiger partial charge in [0.25, 0.3) is 0 Å². The molecule has 3 aromatic carbocycles. The Morgan fingerprint density at radius 1 is 0.800 bits per heavy atom. The molecule has 0 aliphatic heterocycles. The number of hydrogen-bond donors (Lipinski definition) is 1. The maximum absolute atomic E-state index is 11.5. The molecule has 0 aromatic heterocycles. The molecule has 4 nitrogen and oxygen atoms in total. The zero-order valence-electron chi connectivity index (χ0n) is 16.7. The van der Waals surface area contributed by atoms with Gasteiger partial charge in [-0.05, 0) is 59.7 Å². The fraction of sp³-hybridized carbons (Fsp3) is 0.192. The van der Waals surface area contributed by atoms with Crippen LogP contribution in [0.3, 0.4) is 0 Å². The fourth-order valence-electron chi connectivity index (χ4n) is 3.56. The van der Waals surface area contributed by atoms with E-state index in [0.717, 1.165) is 35.1 Å². The van der Waals surface area contributed by atoms with Crippen molar-refractivity contribution in [3.63, 3.8) is 0 Å². The lowest BCUT2D eigenvalue weighted by molar-refractivity contribution is -0.132. The highest BCUT2D eigenvalue weighted by Gasteiger charge is 2.17. The largest absolute Gasteiger partial charge is 0.485 e. The van der Waals surface area contributed by atoms with Crippen molar-refractivity contribution in [2.75, 3.05) is 0 Å². The van der Waals surface area contributed by atoms with Crippen LogP contribution in [0.1, 0.15) is 35.1 Å². The molecule has 4 rings (SSSR count). The molecule has 0 radical (unpaired) electrons. The molecule has 1 N–H and O–H groups in total. The lowest BCUT2D eigenvalue weighted by Gasteiger charge is -2.16. The van der Waals surface area contributed by atoms with Crippen LogP contribution >= 0.6 is 0 Å². The van der Waals surface area contributed by atoms with E-state index in [-0.39, 0.29) is 0 Å².